The van der Waals surface area contributed by atoms with Gasteiger partial charge in [0.2, 0.25) is 10.0 Å². The zero-order valence-electron chi connectivity index (χ0n) is 17.4. The fourth-order valence-corrected chi connectivity index (χ4v) is 4.40. The fraction of sp³-hybridized carbons (Fsp3) is 0.524. The lowest BCUT2D eigenvalue weighted by atomic mass is 10.2. The van der Waals surface area contributed by atoms with E-state index in [4.69, 9.17) is 4.74 Å². The minimum Gasteiger partial charge on any atom is -0.381 e. The van der Waals surface area contributed by atoms with Crippen LogP contribution in [0.4, 0.5) is 0 Å². The minimum absolute atomic E-state index is 0.0151. The van der Waals surface area contributed by atoms with E-state index in [1.165, 1.54) is 10.5 Å². The van der Waals surface area contributed by atoms with E-state index in [0.29, 0.717) is 45.8 Å². The van der Waals surface area contributed by atoms with Gasteiger partial charge in [0.15, 0.2) is 0 Å². The van der Waals surface area contributed by atoms with Crippen molar-refractivity contribution in [1.29, 1.82) is 5.26 Å². The van der Waals surface area contributed by atoms with Gasteiger partial charge in [-0.3, -0.25) is 4.79 Å². The van der Waals surface area contributed by atoms with Crippen molar-refractivity contribution in [2.45, 2.75) is 31.1 Å². The average Bonchev–Trinajstić information content (AvgIpc) is 2.77. The van der Waals surface area contributed by atoms with Crippen molar-refractivity contribution in [3.8, 4) is 6.07 Å². The molecular formula is C21H30N4O4S. The number of rotatable bonds is 11. The van der Waals surface area contributed by atoms with Gasteiger partial charge in [-0.05, 0) is 25.0 Å². The maximum atomic E-state index is 12.7. The van der Waals surface area contributed by atoms with Gasteiger partial charge in [0.1, 0.15) is 11.6 Å². The zero-order valence-corrected chi connectivity index (χ0v) is 18.2. The first-order valence-corrected chi connectivity index (χ1v) is 11.7. The van der Waals surface area contributed by atoms with Gasteiger partial charge in [-0.25, -0.2) is 8.42 Å². The lowest BCUT2D eigenvalue weighted by molar-refractivity contribution is -0.117. The molecule has 0 saturated carbocycles. The molecule has 1 fully saturated rings. The number of nitrogens with zero attached hydrogens (tertiary/aromatic N) is 3. The number of sulfonamides is 1. The number of benzene rings is 1. The molecule has 0 aliphatic carbocycles. The number of hydrogen-bond donors (Lipinski definition) is 1. The van der Waals surface area contributed by atoms with Crippen molar-refractivity contribution in [1.82, 2.24) is 14.5 Å². The number of unbranched alkanes of at least 4 members (excludes halogenated alkanes) is 1. The third kappa shape index (κ3) is 7.13. The van der Waals surface area contributed by atoms with Crippen LogP contribution < -0.4 is 5.32 Å². The van der Waals surface area contributed by atoms with E-state index in [1.807, 2.05) is 11.0 Å². The van der Waals surface area contributed by atoms with E-state index >= 15 is 0 Å². The number of nitriles is 1. The monoisotopic (exact) mass is 434 g/mol. The lowest BCUT2D eigenvalue weighted by Gasteiger charge is -2.33. The van der Waals surface area contributed by atoms with Crippen molar-refractivity contribution >= 4 is 15.9 Å². The molecule has 0 radical (unpaired) electrons. The molecule has 9 heteroatoms. The van der Waals surface area contributed by atoms with Crippen LogP contribution >= 0.6 is 0 Å². The molecule has 0 atom stereocenters. The molecule has 0 spiro atoms. The Hall–Kier alpha value is -2.41. The van der Waals surface area contributed by atoms with Crippen molar-refractivity contribution in [2.75, 3.05) is 45.9 Å². The van der Waals surface area contributed by atoms with Crippen LogP contribution in [0.1, 0.15) is 26.2 Å². The van der Waals surface area contributed by atoms with Crippen LogP contribution in [0.25, 0.3) is 0 Å². The summed E-state index contributed by atoms with van der Waals surface area (Å²) in [7, 11) is -3.53. The molecule has 1 aliphatic rings. The Kier molecular flexibility index (Phi) is 9.80. The van der Waals surface area contributed by atoms with Crippen LogP contribution in [-0.4, -0.2) is 69.5 Å². The topological polar surface area (TPSA) is 103 Å². The second-order valence-corrected chi connectivity index (χ2v) is 8.92. The summed E-state index contributed by atoms with van der Waals surface area (Å²) in [6.07, 6.45) is 4.30. The number of ether oxygens (including phenoxy) is 1. The zero-order chi connectivity index (χ0) is 21.8. The second-order valence-electron chi connectivity index (χ2n) is 6.98. The molecule has 30 heavy (non-hydrogen) atoms. The highest BCUT2D eigenvalue weighted by atomic mass is 32.2. The van der Waals surface area contributed by atoms with Crippen LogP contribution in [0.5, 0.6) is 0 Å². The van der Waals surface area contributed by atoms with Crippen molar-refractivity contribution < 1.29 is 17.9 Å². The molecule has 0 bridgehead atoms. The van der Waals surface area contributed by atoms with E-state index in [9.17, 15) is 18.5 Å². The minimum atomic E-state index is -3.53. The Morgan fingerprint density at radius 1 is 1.17 bits per heavy atom. The molecule has 1 N–H and O–H groups in total. The van der Waals surface area contributed by atoms with E-state index in [2.05, 4.69) is 12.2 Å². The maximum Gasteiger partial charge on any atom is 0.263 e. The molecule has 1 amide bonds. The van der Waals surface area contributed by atoms with Gasteiger partial charge in [-0.15, -0.1) is 0 Å². The number of nitrogens with one attached hydrogen (secondary N) is 1. The van der Waals surface area contributed by atoms with Gasteiger partial charge in [0.05, 0.1) is 4.90 Å². The molecule has 1 saturated heterocycles. The number of amides is 1. The highest BCUT2D eigenvalue weighted by Gasteiger charge is 2.27. The van der Waals surface area contributed by atoms with Gasteiger partial charge in [-0.2, -0.15) is 9.57 Å². The summed E-state index contributed by atoms with van der Waals surface area (Å²) in [5.74, 6) is -0.426. The Morgan fingerprint density at radius 3 is 2.47 bits per heavy atom. The molecule has 164 valence electrons. The maximum absolute atomic E-state index is 12.7. The second kappa shape index (κ2) is 12.3. The quantitative estimate of drug-likeness (QED) is 0.323. The van der Waals surface area contributed by atoms with E-state index in [0.717, 1.165) is 19.4 Å². The summed E-state index contributed by atoms with van der Waals surface area (Å²) >= 11 is 0. The third-order valence-corrected chi connectivity index (χ3v) is 6.64. The summed E-state index contributed by atoms with van der Waals surface area (Å²) in [5.41, 5.74) is 0.0151. The molecule has 0 unspecified atom stereocenters. The number of carbonyl (C=O) groups excluding carboxylic acids is 1. The predicted octanol–water partition coefficient (Wildman–Crippen LogP) is 1.72. The molecule has 8 nitrogen and oxygen atoms in total. The predicted molar refractivity (Wildman–Crippen MR) is 114 cm³/mol. The summed E-state index contributed by atoms with van der Waals surface area (Å²) in [6, 6.07) is 10.2. The summed E-state index contributed by atoms with van der Waals surface area (Å²) in [5, 5.41) is 12.0. The Labute approximate surface area is 179 Å². The number of piperazine rings is 1. The first-order chi connectivity index (χ1) is 14.5. The highest BCUT2D eigenvalue weighted by molar-refractivity contribution is 7.89. The van der Waals surface area contributed by atoms with E-state index < -0.39 is 15.9 Å². The number of carbonyl (C=O) groups is 1. The Balaban J connectivity index is 1.81. The Morgan fingerprint density at radius 2 is 1.83 bits per heavy atom. The summed E-state index contributed by atoms with van der Waals surface area (Å²) < 4.78 is 32.2. The van der Waals surface area contributed by atoms with Crippen molar-refractivity contribution in [3.63, 3.8) is 0 Å². The van der Waals surface area contributed by atoms with Crippen molar-refractivity contribution in [3.05, 3.63) is 42.1 Å². The van der Waals surface area contributed by atoms with E-state index in [-0.39, 0.29) is 10.5 Å². The first kappa shape index (κ1) is 23.9. The molecule has 1 aromatic rings. The van der Waals surface area contributed by atoms with Crippen LogP contribution in [0.15, 0.2) is 47.0 Å². The molecule has 1 aromatic carbocycles. The summed E-state index contributed by atoms with van der Waals surface area (Å²) in [4.78, 5) is 14.3. The van der Waals surface area contributed by atoms with Crippen molar-refractivity contribution in [2.24, 2.45) is 0 Å². The van der Waals surface area contributed by atoms with Gasteiger partial charge in [0, 0.05) is 52.1 Å². The number of hydrogen-bond acceptors (Lipinski definition) is 6. The largest absolute Gasteiger partial charge is 0.381 e. The van der Waals surface area contributed by atoms with Crippen LogP contribution in [0, 0.1) is 11.3 Å². The highest BCUT2D eigenvalue weighted by Crippen LogP contribution is 2.17. The lowest BCUT2D eigenvalue weighted by Crippen LogP contribution is -2.47. The third-order valence-electron chi connectivity index (χ3n) is 4.72. The molecule has 2 rings (SSSR count). The average molecular weight is 435 g/mol. The molecule has 0 aromatic heterocycles. The van der Waals surface area contributed by atoms with E-state index in [1.54, 1.807) is 30.3 Å². The molecular weight excluding hydrogens is 404 g/mol. The van der Waals surface area contributed by atoms with Gasteiger partial charge in [-0.1, -0.05) is 31.5 Å². The van der Waals surface area contributed by atoms with Gasteiger partial charge >= 0.3 is 0 Å². The van der Waals surface area contributed by atoms with Gasteiger partial charge in [0.25, 0.3) is 5.91 Å². The SMILES string of the molecule is CCCCOCCCNC(=O)/C(C#N)=C\N1CCN(S(=O)(=O)c2ccccc2)CC1. The molecule has 1 aliphatic heterocycles. The Bertz CT molecular complexity index is 842. The summed E-state index contributed by atoms with van der Waals surface area (Å²) in [6.45, 7) is 5.25. The first-order valence-electron chi connectivity index (χ1n) is 10.3. The fourth-order valence-electron chi connectivity index (χ4n) is 2.96. The normalized spacial score (nSPS) is 15.6. The van der Waals surface area contributed by atoms with Gasteiger partial charge < -0.3 is 15.0 Å². The van der Waals surface area contributed by atoms with Crippen LogP contribution in [0.3, 0.4) is 0 Å². The molecule has 1 heterocycles. The van der Waals surface area contributed by atoms with Crippen LogP contribution in [0.2, 0.25) is 0 Å². The smallest absolute Gasteiger partial charge is 0.263 e. The standard InChI is InChI=1S/C21H30N4O4S/c1-2-3-15-29-16-7-10-23-21(26)19(17-22)18-24-11-13-25(14-12-24)30(27,28)20-8-5-4-6-9-20/h4-6,8-9,18H,2-3,7,10-16H2,1H3,(H,23,26)/b19-18-. The van der Waals surface area contributed by atoms with Crippen LogP contribution in [-0.2, 0) is 19.6 Å².